The number of nitrogens with one attached hydrogen (secondary N) is 2. The molecule has 1 rings (SSSR count). The second-order valence-electron chi connectivity index (χ2n) is 4.55. The van der Waals surface area contributed by atoms with Gasteiger partial charge in [-0.15, -0.1) is 0 Å². The van der Waals surface area contributed by atoms with Gasteiger partial charge in [-0.2, -0.15) is 0 Å². The molecule has 5 nitrogen and oxygen atoms in total. The predicted molar refractivity (Wildman–Crippen MR) is 63.0 cm³/mol. The van der Waals surface area contributed by atoms with E-state index in [1.165, 1.54) is 6.26 Å². The number of amides is 1. The number of sulfone groups is 1. The standard InChI is InChI=1S/C10H20N2O3S/c1-8(7-16(2,14)15)12-9-4-3-5-11-10(13)6-9/h8-9,12H,3-7H2,1-2H3,(H,11,13). The SMILES string of the molecule is CC(CS(C)(=O)=O)NC1CCCNC(=O)C1. The summed E-state index contributed by atoms with van der Waals surface area (Å²) in [5.41, 5.74) is 0. The van der Waals surface area contributed by atoms with Gasteiger partial charge in [-0.3, -0.25) is 4.79 Å². The molecule has 6 heteroatoms. The third-order valence-electron chi connectivity index (χ3n) is 2.56. The second kappa shape index (κ2) is 5.63. The first kappa shape index (κ1) is 13.4. The molecule has 1 aliphatic heterocycles. The van der Waals surface area contributed by atoms with E-state index >= 15 is 0 Å². The normalized spacial score (nSPS) is 24.6. The Morgan fingerprint density at radius 3 is 2.88 bits per heavy atom. The number of rotatable bonds is 4. The lowest BCUT2D eigenvalue weighted by atomic mass is 10.1. The Kier molecular flexibility index (Phi) is 4.73. The minimum atomic E-state index is -2.96. The minimum Gasteiger partial charge on any atom is -0.356 e. The summed E-state index contributed by atoms with van der Waals surface area (Å²) in [5.74, 6) is 0.159. The highest BCUT2D eigenvalue weighted by molar-refractivity contribution is 7.90. The van der Waals surface area contributed by atoms with Crippen LogP contribution in [-0.2, 0) is 14.6 Å². The summed E-state index contributed by atoms with van der Waals surface area (Å²) in [4.78, 5) is 11.3. The van der Waals surface area contributed by atoms with Crippen molar-refractivity contribution in [2.24, 2.45) is 0 Å². The lowest BCUT2D eigenvalue weighted by molar-refractivity contribution is -0.121. The molecule has 1 heterocycles. The summed E-state index contributed by atoms with van der Waals surface area (Å²) in [6.45, 7) is 2.56. The van der Waals surface area contributed by atoms with E-state index in [0.29, 0.717) is 6.42 Å². The van der Waals surface area contributed by atoms with Crippen LogP contribution in [0.3, 0.4) is 0 Å². The van der Waals surface area contributed by atoms with Crippen molar-refractivity contribution in [1.29, 1.82) is 0 Å². The van der Waals surface area contributed by atoms with Gasteiger partial charge in [0.15, 0.2) is 0 Å². The fraction of sp³-hybridized carbons (Fsp3) is 0.900. The van der Waals surface area contributed by atoms with Crippen LogP contribution in [0, 0.1) is 0 Å². The van der Waals surface area contributed by atoms with Crippen molar-refractivity contribution in [3.63, 3.8) is 0 Å². The summed E-state index contributed by atoms with van der Waals surface area (Å²) in [6.07, 6.45) is 3.51. The van der Waals surface area contributed by atoms with E-state index in [4.69, 9.17) is 0 Å². The molecule has 1 fully saturated rings. The Labute approximate surface area is 96.9 Å². The van der Waals surface area contributed by atoms with Gasteiger partial charge in [0, 0.05) is 31.3 Å². The molecule has 2 unspecified atom stereocenters. The Bertz CT molecular complexity index is 340. The number of hydrogen-bond donors (Lipinski definition) is 2. The maximum Gasteiger partial charge on any atom is 0.221 e. The zero-order chi connectivity index (χ0) is 12.2. The van der Waals surface area contributed by atoms with E-state index in [9.17, 15) is 13.2 Å². The third-order valence-corrected chi connectivity index (χ3v) is 3.66. The molecule has 0 bridgehead atoms. The second-order valence-corrected chi connectivity index (χ2v) is 6.74. The van der Waals surface area contributed by atoms with Gasteiger partial charge in [0.2, 0.25) is 5.91 Å². The summed E-state index contributed by atoms with van der Waals surface area (Å²) < 4.78 is 22.2. The van der Waals surface area contributed by atoms with Crippen molar-refractivity contribution in [2.75, 3.05) is 18.6 Å². The van der Waals surface area contributed by atoms with Crippen LogP contribution >= 0.6 is 0 Å². The summed E-state index contributed by atoms with van der Waals surface area (Å²) >= 11 is 0. The van der Waals surface area contributed by atoms with Gasteiger partial charge < -0.3 is 10.6 Å². The van der Waals surface area contributed by atoms with Gasteiger partial charge in [0.05, 0.1) is 5.75 Å². The van der Waals surface area contributed by atoms with E-state index in [-0.39, 0.29) is 23.7 Å². The van der Waals surface area contributed by atoms with E-state index < -0.39 is 9.84 Å². The van der Waals surface area contributed by atoms with Crippen LogP contribution in [-0.4, -0.2) is 45.0 Å². The van der Waals surface area contributed by atoms with Gasteiger partial charge in [-0.1, -0.05) is 0 Å². The largest absolute Gasteiger partial charge is 0.356 e. The zero-order valence-electron chi connectivity index (χ0n) is 9.82. The fourth-order valence-electron chi connectivity index (χ4n) is 2.02. The first-order chi connectivity index (χ1) is 7.37. The smallest absolute Gasteiger partial charge is 0.221 e. The van der Waals surface area contributed by atoms with E-state index in [1.807, 2.05) is 6.92 Å². The zero-order valence-corrected chi connectivity index (χ0v) is 10.6. The Balaban J connectivity index is 2.43. The van der Waals surface area contributed by atoms with Crippen LogP contribution < -0.4 is 10.6 Å². The summed E-state index contributed by atoms with van der Waals surface area (Å²) in [6, 6.07) is -0.00912. The molecule has 0 saturated carbocycles. The molecular weight excluding hydrogens is 228 g/mol. The molecular formula is C10H20N2O3S. The molecule has 0 aromatic heterocycles. The molecule has 2 atom stereocenters. The average molecular weight is 248 g/mol. The van der Waals surface area contributed by atoms with Crippen LogP contribution in [0.25, 0.3) is 0 Å². The van der Waals surface area contributed by atoms with E-state index in [2.05, 4.69) is 10.6 Å². The lowest BCUT2D eigenvalue weighted by Crippen LogP contribution is -2.41. The molecule has 2 N–H and O–H groups in total. The maximum absolute atomic E-state index is 11.3. The van der Waals surface area contributed by atoms with Crippen LogP contribution in [0.5, 0.6) is 0 Å². The van der Waals surface area contributed by atoms with Crippen LogP contribution in [0.15, 0.2) is 0 Å². The molecule has 0 aromatic carbocycles. The van der Waals surface area contributed by atoms with Crippen molar-refractivity contribution < 1.29 is 13.2 Å². The highest BCUT2D eigenvalue weighted by atomic mass is 32.2. The number of hydrogen-bond acceptors (Lipinski definition) is 4. The maximum atomic E-state index is 11.3. The molecule has 94 valence electrons. The lowest BCUT2D eigenvalue weighted by Gasteiger charge is -2.20. The minimum absolute atomic E-state index is 0.0431. The molecule has 0 radical (unpaired) electrons. The molecule has 16 heavy (non-hydrogen) atoms. The van der Waals surface area contributed by atoms with Crippen molar-refractivity contribution >= 4 is 15.7 Å². The summed E-state index contributed by atoms with van der Waals surface area (Å²) in [7, 11) is -2.96. The van der Waals surface area contributed by atoms with Crippen LogP contribution in [0.1, 0.15) is 26.2 Å². The van der Waals surface area contributed by atoms with Crippen molar-refractivity contribution in [3.8, 4) is 0 Å². The van der Waals surface area contributed by atoms with Crippen molar-refractivity contribution in [3.05, 3.63) is 0 Å². The fourth-order valence-corrected chi connectivity index (χ4v) is 3.03. The Morgan fingerprint density at radius 2 is 2.25 bits per heavy atom. The highest BCUT2D eigenvalue weighted by Gasteiger charge is 2.20. The first-order valence-electron chi connectivity index (χ1n) is 5.57. The van der Waals surface area contributed by atoms with Gasteiger partial charge in [0.1, 0.15) is 9.84 Å². The summed E-state index contributed by atoms with van der Waals surface area (Å²) in [5, 5.41) is 6.00. The highest BCUT2D eigenvalue weighted by Crippen LogP contribution is 2.07. The molecule has 0 aromatic rings. The molecule has 0 aliphatic carbocycles. The monoisotopic (exact) mass is 248 g/mol. The van der Waals surface area contributed by atoms with Crippen molar-refractivity contribution in [2.45, 2.75) is 38.3 Å². The Morgan fingerprint density at radius 1 is 1.56 bits per heavy atom. The van der Waals surface area contributed by atoms with Crippen LogP contribution in [0.2, 0.25) is 0 Å². The Hall–Kier alpha value is -0.620. The molecule has 0 spiro atoms. The predicted octanol–water partition coefficient (Wildman–Crippen LogP) is -0.322. The molecule has 1 aliphatic rings. The van der Waals surface area contributed by atoms with Gasteiger partial charge in [-0.05, 0) is 19.8 Å². The van der Waals surface area contributed by atoms with Gasteiger partial charge >= 0.3 is 0 Å². The van der Waals surface area contributed by atoms with Crippen molar-refractivity contribution in [1.82, 2.24) is 10.6 Å². The van der Waals surface area contributed by atoms with Gasteiger partial charge in [0.25, 0.3) is 0 Å². The van der Waals surface area contributed by atoms with Crippen LogP contribution in [0.4, 0.5) is 0 Å². The number of carbonyl (C=O) groups is 1. The molecule has 1 saturated heterocycles. The van der Waals surface area contributed by atoms with E-state index in [0.717, 1.165) is 19.4 Å². The van der Waals surface area contributed by atoms with Gasteiger partial charge in [-0.25, -0.2) is 8.42 Å². The third kappa shape index (κ3) is 5.46. The average Bonchev–Trinajstić information content (AvgIpc) is 2.26. The topological polar surface area (TPSA) is 75.3 Å². The first-order valence-corrected chi connectivity index (χ1v) is 7.63. The molecule has 1 amide bonds. The van der Waals surface area contributed by atoms with E-state index in [1.54, 1.807) is 0 Å². The number of carbonyl (C=O) groups excluding carboxylic acids is 1. The quantitative estimate of drug-likeness (QED) is 0.715.